The largest absolute Gasteiger partial charge is 0.496 e. The van der Waals surface area contributed by atoms with Gasteiger partial charge in [0.15, 0.2) is 0 Å². The Balaban J connectivity index is 1.79. The van der Waals surface area contributed by atoms with Crippen LogP contribution in [0.3, 0.4) is 0 Å². The average Bonchev–Trinajstić information content (AvgIpc) is 2.61. The predicted molar refractivity (Wildman–Crippen MR) is 89.0 cm³/mol. The highest BCUT2D eigenvalue weighted by Crippen LogP contribution is 2.27. The van der Waals surface area contributed by atoms with Gasteiger partial charge in [0.2, 0.25) is 0 Å². The summed E-state index contributed by atoms with van der Waals surface area (Å²) >= 11 is 6.05. The summed E-state index contributed by atoms with van der Waals surface area (Å²) in [7, 11) is 1.57. The lowest BCUT2D eigenvalue weighted by Gasteiger charge is -2.33. The van der Waals surface area contributed by atoms with Gasteiger partial charge in [0.25, 0.3) is 5.91 Å². The third-order valence-corrected chi connectivity index (χ3v) is 4.15. The number of morpholine rings is 1. The molecule has 1 unspecified atom stereocenters. The van der Waals surface area contributed by atoms with Crippen molar-refractivity contribution in [3.05, 3.63) is 64.7 Å². The molecule has 1 aliphatic heterocycles. The molecule has 23 heavy (non-hydrogen) atoms. The molecule has 3 rings (SSSR count). The van der Waals surface area contributed by atoms with E-state index in [0.29, 0.717) is 36.0 Å². The second-order valence-electron chi connectivity index (χ2n) is 5.37. The number of para-hydroxylation sites is 1. The molecular formula is C18H18ClNO3. The number of benzene rings is 2. The fraction of sp³-hybridized carbons (Fsp3) is 0.278. The van der Waals surface area contributed by atoms with Crippen LogP contribution in [0.2, 0.25) is 5.02 Å². The van der Waals surface area contributed by atoms with Crippen LogP contribution in [0.1, 0.15) is 22.0 Å². The Bertz CT molecular complexity index is 704. The molecule has 2 aromatic carbocycles. The van der Waals surface area contributed by atoms with E-state index in [1.54, 1.807) is 24.1 Å². The van der Waals surface area contributed by atoms with Crippen molar-refractivity contribution in [2.45, 2.75) is 6.10 Å². The number of hydrogen-bond donors (Lipinski definition) is 0. The average molecular weight is 332 g/mol. The van der Waals surface area contributed by atoms with E-state index in [0.717, 1.165) is 5.56 Å². The molecule has 120 valence electrons. The molecule has 0 aliphatic carbocycles. The van der Waals surface area contributed by atoms with Crippen molar-refractivity contribution in [3.8, 4) is 5.75 Å². The first-order chi connectivity index (χ1) is 11.2. The van der Waals surface area contributed by atoms with Crippen molar-refractivity contribution in [1.29, 1.82) is 0 Å². The molecule has 0 aromatic heterocycles. The predicted octanol–water partition coefficient (Wildman–Crippen LogP) is 3.56. The number of halogens is 1. The molecule has 5 heteroatoms. The van der Waals surface area contributed by atoms with Crippen LogP contribution < -0.4 is 4.74 Å². The number of ether oxygens (including phenoxy) is 2. The first-order valence-electron chi connectivity index (χ1n) is 7.48. The van der Waals surface area contributed by atoms with Crippen LogP contribution in [-0.4, -0.2) is 37.6 Å². The topological polar surface area (TPSA) is 38.8 Å². The van der Waals surface area contributed by atoms with Gasteiger partial charge in [-0.1, -0.05) is 35.9 Å². The first kappa shape index (κ1) is 15.8. The Kier molecular flexibility index (Phi) is 4.84. The minimum atomic E-state index is -0.166. The first-order valence-corrected chi connectivity index (χ1v) is 7.86. The Morgan fingerprint density at radius 3 is 2.87 bits per heavy atom. The molecular weight excluding hydrogens is 314 g/mol. The van der Waals surface area contributed by atoms with Crippen molar-refractivity contribution in [1.82, 2.24) is 4.90 Å². The maximum Gasteiger partial charge on any atom is 0.257 e. The fourth-order valence-corrected chi connectivity index (χ4v) is 2.93. The van der Waals surface area contributed by atoms with E-state index < -0.39 is 0 Å². The standard InChI is InChI=1S/C18H18ClNO3/c1-22-16-8-3-2-7-15(16)18(21)20-9-10-23-17(12-20)13-5-4-6-14(19)11-13/h2-8,11,17H,9-10,12H2,1H3. The van der Waals surface area contributed by atoms with Gasteiger partial charge in [-0.25, -0.2) is 0 Å². The van der Waals surface area contributed by atoms with Crippen LogP contribution in [0.15, 0.2) is 48.5 Å². The second kappa shape index (κ2) is 7.02. The molecule has 4 nitrogen and oxygen atoms in total. The van der Waals surface area contributed by atoms with E-state index in [4.69, 9.17) is 21.1 Å². The molecule has 1 heterocycles. The van der Waals surface area contributed by atoms with Crippen molar-refractivity contribution in [3.63, 3.8) is 0 Å². The van der Waals surface area contributed by atoms with Gasteiger partial charge < -0.3 is 14.4 Å². The van der Waals surface area contributed by atoms with Crippen LogP contribution in [0.25, 0.3) is 0 Å². The molecule has 1 aliphatic rings. The molecule has 1 fully saturated rings. The minimum Gasteiger partial charge on any atom is -0.496 e. The summed E-state index contributed by atoms with van der Waals surface area (Å²) in [4.78, 5) is 14.6. The smallest absolute Gasteiger partial charge is 0.257 e. The molecule has 0 radical (unpaired) electrons. The van der Waals surface area contributed by atoms with Gasteiger partial charge >= 0.3 is 0 Å². The third kappa shape index (κ3) is 3.49. The lowest BCUT2D eigenvalue weighted by atomic mass is 10.1. The lowest BCUT2D eigenvalue weighted by molar-refractivity contribution is -0.0229. The Morgan fingerprint density at radius 2 is 2.09 bits per heavy atom. The van der Waals surface area contributed by atoms with Crippen molar-refractivity contribution < 1.29 is 14.3 Å². The highest BCUT2D eigenvalue weighted by atomic mass is 35.5. The van der Waals surface area contributed by atoms with E-state index in [1.807, 2.05) is 36.4 Å². The van der Waals surface area contributed by atoms with Crippen LogP contribution >= 0.6 is 11.6 Å². The summed E-state index contributed by atoms with van der Waals surface area (Å²) in [5, 5.41) is 0.666. The molecule has 1 saturated heterocycles. The highest BCUT2D eigenvalue weighted by molar-refractivity contribution is 6.30. The zero-order valence-corrected chi connectivity index (χ0v) is 13.6. The van der Waals surface area contributed by atoms with Crippen molar-refractivity contribution >= 4 is 17.5 Å². The summed E-state index contributed by atoms with van der Waals surface area (Å²) in [6, 6.07) is 14.8. The fourth-order valence-electron chi connectivity index (χ4n) is 2.73. The van der Waals surface area contributed by atoms with Crippen LogP contribution in [0.4, 0.5) is 0 Å². The lowest BCUT2D eigenvalue weighted by Crippen LogP contribution is -2.42. The summed E-state index contributed by atoms with van der Waals surface area (Å²) in [6.45, 7) is 1.56. The molecule has 0 spiro atoms. The summed E-state index contributed by atoms with van der Waals surface area (Å²) in [6.07, 6.45) is -0.166. The number of nitrogens with zero attached hydrogens (tertiary/aromatic N) is 1. The third-order valence-electron chi connectivity index (χ3n) is 3.91. The van der Waals surface area contributed by atoms with E-state index in [1.165, 1.54) is 0 Å². The molecule has 1 atom stereocenters. The molecule has 2 aromatic rings. The highest BCUT2D eigenvalue weighted by Gasteiger charge is 2.27. The summed E-state index contributed by atoms with van der Waals surface area (Å²) < 4.78 is 11.1. The van der Waals surface area contributed by atoms with Gasteiger partial charge in [0.1, 0.15) is 11.9 Å². The van der Waals surface area contributed by atoms with E-state index in [2.05, 4.69) is 0 Å². The number of rotatable bonds is 3. The van der Waals surface area contributed by atoms with Crippen LogP contribution in [-0.2, 0) is 4.74 Å². The van der Waals surface area contributed by atoms with Gasteiger partial charge in [0.05, 0.1) is 25.8 Å². The molecule has 0 N–H and O–H groups in total. The second-order valence-corrected chi connectivity index (χ2v) is 5.80. The van der Waals surface area contributed by atoms with Crippen molar-refractivity contribution in [2.75, 3.05) is 26.8 Å². The minimum absolute atomic E-state index is 0.0437. The van der Waals surface area contributed by atoms with Crippen molar-refractivity contribution in [2.24, 2.45) is 0 Å². The number of carbonyl (C=O) groups excluding carboxylic acids is 1. The quantitative estimate of drug-likeness (QED) is 0.863. The number of methoxy groups -OCH3 is 1. The number of amides is 1. The Morgan fingerprint density at radius 1 is 1.26 bits per heavy atom. The molecule has 0 saturated carbocycles. The molecule has 1 amide bonds. The van der Waals surface area contributed by atoms with Gasteiger partial charge in [-0.15, -0.1) is 0 Å². The van der Waals surface area contributed by atoms with Gasteiger partial charge in [0, 0.05) is 11.6 Å². The number of carbonyl (C=O) groups is 1. The van der Waals surface area contributed by atoms with Crippen LogP contribution in [0, 0.1) is 0 Å². The van der Waals surface area contributed by atoms with Gasteiger partial charge in [-0.05, 0) is 29.8 Å². The number of hydrogen-bond acceptors (Lipinski definition) is 3. The van der Waals surface area contributed by atoms with Gasteiger partial charge in [-0.2, -0.15) is 0 Å². The normalized spacial score (nSPS) is 17.8. The summed E-state index contributed by atoms with van der Waals surface area (Å²) in [5.74, 6) is 0.543. The zero-order valence-electron chi connectivity index (χ0n) is 12.9. The Labute approximate surface area is 140 Å². The van der Waals surface area contributed by atoms with Gasteiger partial charge in [-0.3, -0.25) is 4.79 Å². The van der Waals surface area contributed by atoms with E-state index >= 15 is 0 Å². The maximum atomic E-state index is 12.8. The van der Waals surface area contributed by atoms with E-state index in [9.17, 15) is 4.79 Å². The molecule has 0 bridgehead atoms. The van der Waals surface area contributed by atoms with Crippen LogP contribution in [0.5, 0.6) is 5.75 Å². The maximum absolute atomic E-state index is 12.8. The zero-order chi connectivity index (χ0) is 16.2. The monoisotopic (exact) mass is 331 g/mol. The van der Waals surface area contributed by atoms with E-state index in [-0.39, 0.29) is 12.0 Å². The SMILES string of the molecule is COc1ccccc1C(=O)N1CCOC(c2cccc(Cl)c2)C1. The Hall–Kier alpha value is -2.04. The summed E-state index contributed by atoms with van der Waals surface area (Å²) in [5.41, 5.74) is 1.55.